The Balaban J connectivity index is 1.75. The molecule has 172 valence electrons. The lowest BCUT2D eigenvalue weighted by atomic mass is 9.81. The Morgan fingerprint density at radius 1 is 1.09 bits per heavy atom. The van der Waals surface area contributed by atoms with E-state index in [1.807, 2.05) is 48.1 Å². The minimum Gasteiger partial charge on any atom is -0.355 e. The maximum Gasteiger partial charge on any atom is 0.257 e. The SMILES string of the molecule is CCCC(CC(=O)NS(C)(=O)=O)N1C(=O)c2c(Nc3ccccc3)ccc3c2C(=O)C1C=C3. The lowest BCUT2D eigenvalue weighted by Gasteiger charge is -2.42. The zero-order valence-electron chi connectivity index (χ0n) is 18.4. The molecule has 0 saturated heterocycles. The number of para-hydroxylation sites is 1. The molecule has 0 fully saturated rings. The molecule has 2 aromatic rings. The number of Topliss-reactive ketones (excluding diaryl/α,β-unsaturated/α-hetero) is 1. The van der Waals surface area contributed by atoms with E-state index in [0.717, 1.165) is 11.9 Å². The highest BCUT2D eigenvalue weighted by Gasteiger charge is 2.45. The summed E-state index contributed by atoms with van der Waals surface area (Å²) >= 11 is 0. The van der Waals surface area contributed by atoms with Crippen LogP contribution in [-0.4, -0.2) is 49.3 Å². The zero-order chi connectivity index (χ0) is 23.8. The summed E-state index contributed by atoms with van der Waals surface area (Å²) in [6.07, 6.45) is 5.26. The van der Waals surface area contributed by atoms with Gasteiger partial charge in [0.2, 0.25) is 15.9 Å². The molecule has 2 aromatic carbocycles. The lowest BCUT2D eigenvalue weighted by molar-refractivity contribution is -0.120. The number of hydrogen-bond acceptors (Lipinski definition) is 6. The molecule has 9 heteroatoms. The molecule has 0 radical (unpaired) electrons. The molecule has 2 aliphatic rings. The van der Waals surface area contributed by atoms with Gasteiger partial charge in [0.05, 0.1) is 17.5 Å². The number of sulfonamides is 1. The summed E-state index contributed by atoms with van der Waals surface area (Å²) in [6.45, 7) is 1.91. The molecule has 8 nitrogen and oxygen atoms in total. The van der Waals surface area contributed by atoms with Gasteiger partial charge in [-0.3, -0.25) is 19.1 Å². The lowest BCUT2D eigenvalue weighted by Crippen LogP contribution is -2.55. The number of nitrogens with one attached hydrogen (secondary N) is 2. The quantitative estimate of drug-likeness (QED) is 0.617. The van der Waals surface area contributed by atoms with Crippen LogP contribution in [0, 0.1) is 0 Å². The molecular formula is C24H25N3O5S. The number of fused-ring (bicyclic) bond motifs is 1. The normalized spacial score (nSPS) is 17.6. The van der Waals surface area contributed by atoms with Crippen molar-refractivity contribution in [3.63, 3.8) is 0 Å². The van der Waals surface area contributed by atoms with Crippen molar-refractivity contribution in [2.45, 2.75) is 38.3 Å². The Hall–Kier alpha value is -3.46. The fourth-order valence-electron chi connectivity index (χ4n) is 4.46. The Labute approximate surface area is 192 Å². The molecule has 0 spiro atoms. The second-order valence-corrected chi connectivity index (χ2v) is 10.0. The van der Waals surface area contributed by atoms with Crippen LogP contribution in [0.3, 0.4) is 0 Å². The molecule has 2 amide bonds. The highest BCUT2D eigenvalue weighted by Crippen LogP contribution is 2.38. The molecule has 0 aromatic heterocycles. The average molecular weight is 468 g/mol. The fraction of sp³-hybridized carbons (Fsp3) is 0.292. The topological polar surface area (TPSA) is 113 Å². The molecular weight excluding hydrogens is 442 g/mol. The van der Waals surface area contributed by atoms with E-state index in [1.54, 1.807) is 18.2 Å². The number of carbonyl (C=O) groups is 3. The first-order chi connectivity index (χ1) is 15.7. The smallest absolute Gasteiger partial charge is 0.257 e. The van der Waals surface area contributed by atoms with Gasteiger partial charge in [0.15, 0.2) is 5.78 Å². The van der Waals surface area contributed by atoms with Crippen molar-refractivity contribution in [1.29, 1.82) is 0 Å². The van der Waals surface area contributed by atoms with Gasteiger partial charge >= 0.3 is 0 Å². The van der Waals surface area contributed by atoms with E-state index < -0.39 is 28.0 Å². The molecule has 2 bridgehead atoms. The first-order valence-electron chi connectivity index (χ1n) is 10.7. The second-order valence-electron chi connectivity index (χ2n) is 8.27. The van der Waals surface area contributed by atoms with Crippen LogP contribution >= 0.6 is 0 Å². The van der Waals surface area contributed by atoms with Crippen LogP contribution in [0.25, 0.3) is 6.08 Å². The summed E-state index contributed by atoms with van der Waals surface area (Å²) in [5.74, 6) is -1.27. The standard InChI is InChI=1S/C24H25N3O5S/c1-3-7-17(14-20(28)26-33(2,31)32)27-19-13-11-15-10-12-18(25-16-8-5-4-6-9-16)22(24(27)30)21(15)23(19)29/h4-6,8-13,17,19,25H,3,7,14H2,1-2H3,(H,26,28). The van der Waals surface area contributed by atoms with Crippen molar-refractivity contribution in [1.82, 2.24) is 9.62 Å². The van der Waals surface area contributed by atoms with E-state index in [4.69, 9.17) is 0 Å². The molecule has 2 N–H and O–H groups in total. The molecule has 4 rings (SSSR count). The molecule has 1 aliphatic heterocycles. The summed E-state index contributed by atoms with van der Waals surface area (Å²) in [7, 11) is -3.73. The zero-order valence-corrected chi connectivity index (χ0v) is 19.2. The Morgan fingerprint density at radius 2 is 1.82 bits per heavy atom. The number of hydrogen-bond donors (Lipinski definition) is 2. The molecule has 1 heterocycles. The largest absolute Gasteiger partial charge is 0.355 e. The van der Waals surface area contributed by atoms with E-state index >= 15 is 0 Å². The monoisotopic (exact) mass is 467 g/mol. The van der Waals surface area contributed by atoms with Crippen molar-refractivity contribution in [3.05, 3.63) is 65.2 Å². The van der Waals surface area contributed by atoms with Crippen molar-refractivity contribution in [2.75, 3.05) is 11.6 Å². The van der Waals surface area contributed by atoms with Gasteiger partial charge < -0.3 is 10.2 Å². The van der Waals surface area contributed by atoms with Gasteiger partial charge in [0.1, 0.15) is 6.04 Å². The van der Waals surface area contributed by atoms with E-state index in [2.05, 4.69) is 5.32 Å². The Bertz CT molecular complexity index is 1250. The Morgan fingerprint density at radius 3 is 2.48 bits per heavy atom. The highest BCUT2D eigenvalue weighted by atomic mass is 32.2. The van der Waals surface area contributed by atoms with Crippen LogP contribution in [0.4, 0.5) is 11.4 Å². The van der Waals surface area contributed by atoms with Crippen LogP contribution in [-0.2, 0) is 14.8 Å². The minimum atomic E-state index is -3.73. The van der Waals surface area contributed by atoms with Crippen LogP contribution in [0.2, 0.25) is 0 Å². The van der Waals surface area contributed by atoms with Gasteiger partial charge in [-0.15, -0.1) is 0 Å². The van der Waals surface area contributed by atoms with E-state index in [1.165, 1.54) is 4.90 Å². The maximum absolute atomic E-state index is 13.8. The van der Waals surface area contributed by atoms with Gasteiger partial charge in [-0.2, -0.15) is 0 Å². The summed E-state index contributed by atoms with van der Waals surface area (Å²) in [5.41, 5.74) is 2.60. The van der Waals surface area contributed by atoms with Crippen LogP contribution < -0.4 is 10.0 Å². The van der Waals surface area contributed by atoms with Gasteiger partial charge in [-0.1, -0.05) is 49.8 Å². The second kappa shape index (κ2) is 8.82. The first-order valence-corrected chi connectivity index (χ1v) is 12.6. The third-order valence-electron chi connectivity index (χ3n) is 5.75. The van der Waals surface area contributed by atoms with Crippen molar-refractivity contribution in [2.24, 2.45) is 0 Å². The van der Waals surface area contributed by atoms with Crippen LogP contribution in [0.15, 0.2) is 48.5 Å². The summed E-state index contributed by atoms with van der Waals surface area (Å²) in [4.78, 5) is 41.0. The van der Waals surface area contributed by atoms with Crippen molar-refractivity contribution >= 4 is 45.1 Å². The number of ketones is 1. The third kappa shape index (κ3) is 4.54. The molecule has 1 aliphatic carbocycles. The number of carbonyl (C=O) groups excluding carboxylic acids is 3. The number of amides is 2. The van der Waals surface area contributed by atoms with E-state index in [0.29, 0.717) is 29.7 Å². The van der Waals surface area contributed by atoms with E-state index in [-0.39, 0.29) is 23.7 Å². The summed E-state index contributed by atoms with van der Waals surface area (Å²) < 4.78 is 25.0. The summed E-state index contributed by atoms with van der Waals surface area (Å²) in [5, 5.41) is 3.23. The molecule has 2 atom stereocenters. The van der Waals surface area contributed by atoms with Crippen LogP contribution in [0.5, 0.6) is 0 Å². The number of benzene rings is 2. The Kier molecular flexibility index (Phi) is 6.07. The molecule has 2 unspecified atom stereocenters. The number of rotatable bonds is 8. The molecule has 0 saturated carbocycles. The third-order valence-corrected chi connectivity index (χ3v) is 6.35. The van der Waals surface area contributed by atoms with E-state index in [9.17, 15) is 22.8 Å². The van der Waals surface area contributed by atoms with Gasteiger partial charge in [0.25, 0.3) is 5.91 Å². The van der Waals surface area contributed by atoms with Crippen molar-refractivity contribution < 1.29 is 22.8 Å². The first kappa shape index (κ1) is 22.7. The molecule has 33 heavy (non-hydrogen) atoms. The number of nitrogens with zero attached hydrogens (tertiary/aromatic N) is 1. The van der Waals surface area contributed by atoms with Crippen LogP contribution in [0.1, 0.15) is 52.5 Å². The average Bonchev–Trinajstić information content (AvgIpc) is 2.74. The fourth-order valence-corrected chi connectivity index (χ4v) is 4.96. The predicted octanol–water partition coefficient (Wildman–Crippen LogP) is 3.10. The highest BCUT2D eigenvalue weighted by molar-refractivity contribution is 7.89. The van der Waals surface area contributed by atoms with Gasteiger partial charge in [-0.05, 0) is 30.2 Å². The van der Waals surface area contributed by atoms with Crippen molar-refractivity contribution in [3.8, 4) is 0 Å². The minimum absolute atomic E-state index is 0.205. The summed E-state index contributed by atoms with van der Waals surface area (Å²) in [6, 6.07) is 11.4. The number of anilines is 2. The van der Waals surface area contributed by atoms with Gasteiger partial charge in [0, 0.05) is 23.7 Å². The predicted molar refractivity (Wildman–Crippen MR) is 126 cm³/mol. The van der Waals surface area contributed by atoms with Gasteiger partial charge in [-0.25, -0.2) is 8.42 Å². The maximum atomic E-state index is 13.8.